The fourth-order valence-corrected chi connectivity index (χ4v) is 21.8. The van der Waals surface area contributed by atoms with Crippen LogP contribution < -0.4 is 31.3 Å². The van der Waals surface area contributed by atoms with E-state index in [0.717, 1.165) is 146 Å². The number of rotatable bonds is 21. The van der Waals surface area contributed by atoms with E-state index in [9.17, 15) is 106 Å². The Morgan fingerprint density at radius 2 is 0.619 bits per heavy atom. The molecule has 5 saturated carbocycles. The first-order valence-electron chi connectivity index (χ1n) is 43.0. The molecule has 5 aliphatic carbocycles. The number of ketones is 1. The number of hydrogen-bond donors (Lipinski definition) is 8. The molecule has 5 aliphatic rings. The maximum atomic E-state index is 14.2. The largest absolute Gasteiger partial charge is 0.496 e. The van der Waals surface area contributed by atoms with Crippen LogP contribution in [0, 0.1) is 88.4 Å². The highest BCUT2D eigenvalue weighted by Gasteiger charge is 2.29. The molecule has 15 nitrogen and oxygen atoms in total. The molecule has 0 spiro atoms. The normalized spacial score (nSPS) is 18.3. The molecule has 5 fully saturated rings. The van der Waals surface area contributed by atoms with Crippen LogP contribution in [0.5, 0.6) is 5.75 Å². The Bertz CT molecular complexity index is 5640. The number of amides is 5. The highest BCUT2D eigenvalue weighted by atomic mass is 35.5. The maximum absolute atomic E-state index is 14.2. The number of anilines is 5. The number of Topliss-reactive ketones (excluding diaryl/α,β-unsaturated/α-hetero) is 1. The number of ether oxygens (including phenoxy) is 1. The van der Waals surface area contributed by atoms with Crippen molar-refractivity contribution >= 4 is 146 Å². The summed E-state index contributed by atoms with van der Waals surface area (Å²) in [6, 6.07) is 34.5. The van der Waals surface area contributed by atoms with Crippen LogP contribution in [0.2, 0.25) is 10.0 Å². The standard InChI is InChI=1S/C20H17F4NO2S.C20H20F3NO2S.C20H21F2NO2S.C19H18Cl2FNO2S.C19H17F4NO2S/c21-15-6-5-11(7-18(15)28-14-4-2-1-3-13(26)10-14)20(27)25-12-8-16(22)19(24)17(23)9-12;1-11-2-3-12(8-18(11)27-15-6-4-14(25)5-7-15)20(26)24-13-9-16(21)19(23)17(22)10-13;1-25-18-10-7-13(11-19(18)26-15-5-3-2-4-6-15)20(24)23-14-8-9-16(21)17(22)12-14;20-15-7-1-11(9-18(15)26-14-5-3-13(24)4-6-14)19(25)23-12-2-8-17(22)16(21)10-12;20-14-6-1-10(7-17(14)27-13-4-2-12(25)3-5-13)19(26)24-11-8-15(21)18(23)16(22)9-11/h5-9,14H,1-4,10H2,(H,25,27);2-3,8-10,14-15,25H,4-7H2,1H3,(H,24,26);7-12,15H,2-6H2,1H3,(H,23,24);1-2,7-10,13-14,24H,3-6H2,(H,23,25);1,6-9,12-13,25H,2-5H2,(H,24,26). The van der Waals surface area contributed by atoms with Gasteiger partial charge in [0.25, 0.3) is 29.5 Å². The van der Waals surface area contributed by atoms with Gasteiger partial charge in [0.1, 0.15) is 29.0 Å². The molecule has 36 heteroatoms. The smallest absolute Gasteiger partial charge is 0.255 e. The second-order valence-corrected chi connectivity index (χ2v) is 39.8. The SMILES string of the molecule is COc1ccc(C(=O)Nc2ccc(F)c(F)c2)cc1SC1CCCCC1.Cc1ccc(C(=O)Nc2cc(F)c(F)c(F)c2)cc1SC1CCC(O)CC1.O=C(Nc1cc(F)c(F)c(F)c1)c1ccc(F)c(SC2CCC(O)CC2)c1.O=C(Nc1ccc(F)c(Cl)c1)c1ccc(Cl)c(SC2CCC(O)CC2)c1.O=C1CCCCC(Sc2cc(C(=O)Nc3cc(F)c(F)c(F)c3)ccc2F)C1. The van der Waals surface area contributed by atoms with Crippen LogP contribution in [0.1, 0.15) is 199 Å². The van der Waals surface area contributed by atoms with Gasteiger partial charge in [0.2, 0.25) is 0 Å². The number of benzene rings is 10. The Morgan fingerprint density at radius 1 is 0.306 bits per heavy atom. The zero-order valence-corrected chi connectivity index (χ0v) is 77.6. The lowest BCUT2D eigenvalue weighted by atomic mass is 9.97. The van der Waals surface area contributed by atoms with Crippen molar-refractivity contribution in [3.05, 3.63) is 289 Å². The Kier molecular flexibility index (Phi) is 39.4. The lowest BCUT2D eigenvalue weighted by Crippen LogP contribution is -2.19. The van der Waals surface area contributed by atoms with E-state index in [4.69, 9.17) is 27.9 Å². The van der Waals surface area contributed by atoms with Gasteiger partial charge >= 0.3 is 0 Å². The average molecular weight is 2000 g/mol. The number of nitrogens with one attached hydrogen (secondary N) is 5. The van der Waals surface area contributed by atoms with Crippen LogP contribution >= 0.6 is 82.0 Å². The van der Waals surface area contributed by atoms with E-state index in [2.05, 4.69) is 26.6 Å². The highest BCUT2D eigenvalue weighted by Crippen LogP contribution is 2.43. The molecule has 1 atom stereocenters. The zero-order valence-electron chi connectivity index (χ0n) is 72.1. The van der Waals surface area contributed by atoms with Gasteiger partial charge in [-0.2, -0.15) is 0 Å². The monoisotopic (exact) mass is 2000 g/mol. The van der Waals surface area contributed by atoms with Crippen LogP contribution in [0.4, 0.5) is 89.9 Å². The number of aliphatic hydroxyl groups is 3. The summed E-state index contributed by atoms with van der Waals surface area (Å²) < 4.78 is 192. The van der Waals surface area contributed by atoms with Crippen molar-refractivity contribution in [2.24, 2.45) is 0 Å². The zero-order chi connectivity index (χ0) is 96.6. The van der Waals surface area contributed by atoms with E-state index in [1.54, 1.807) is 90.9 Å². The van der Waals surface area contributed by atoms with Gasteiger partial charge < -0.3 is 46.6 Å². The van der Waals surface area contributed by atoms with Gasteiger partial charge in [0.15, 0.2) is 64.0 Å². The minimum Gasteiger partial charge on any atom is -0.496 e. The van der Waals surface area contributed by atoms with Crippen molar-refractivity contribution in [2.75, 3.05) is 33.7 Å². The molecule has 10 aromatic carbocycles. The van der Waals surface area contributed by atoms with E-state index in [-0.39, 0.29) is 90.2 Å². The third-order valence-corrected chi connectivity index (χ3v) is 29.9. The second-order valence-electron chi connectivity index (χ2n) is 32.3. The van der Waals surface area contributed by atoms with Crippen molar-refractivity contribution in [1.82, 2.24) is 0 Å². The third kappa shape index (κ3) is 31.1. The summed E-state index contributed by atoms with van der Waals surface area (Å²) in [7, 11) is 1.61. The van der Waals surface area contributed by atoms with E-state index in [0.29, 0.717) is 98.0 Å². The predicted molar refractivity (Wildman–Crippen MR) is 498 cm³/mol. The number of aryl methyl sites for hydroxylation is 1. The van der Waals surface area contributed by atoms with Gasteiger partial charge in [0, 0.05) is 157 Å². The Hall–Kier alpha value is -9.75. The summed E-state index contributed by atoms with van der Waals surface area (Å²) in [5, 5.41) is 42.9. The highest BCUT2D eigenvalue weighted by molar-refractivity contribution is 8.01. The molecule has 0 saturated heterocycles. The molecule has 0 aliphatic heterocycles. The van der Waals surface area contributed by atoms with Crippen molar-refractivity contribution in [3.8, 4) is 5.75 Å². The number of hydrogen-bond acceptors (Lipinski definition) is 15. The summed E-state index contributed by atoms with van der Waals surface area (Å²) in [5.74, 6) is -18.4. The fourth-order valence-electron chi connectivity index (χ4n) is 14.9. The average Bonchev–Trinajstić information content (AvgIpc) is 1.19. The Labute approximate surface area is 796 Å². The van der Waals surface area contributed by atoms with E-state index in [1.807, 2.05) is 13.0 Å². The molecule has 0 bridgehead atoms. The summed E-state index contributed by atoms with van der Waals surface area (Å²) in [6.45, 7) is 1.95. The molecule has 0 radical (unpaired) electrons. The Balaban J connectivity index is 0.000000161. The molecule has 15 rings (SSSR count). The van der Waals surface area contributed by atoms with Crippen LogP contribution in [0.25, 0.3) is 0 Å². The molecular formula is C98H93Cl2F14N5O10S5. The van der Waals surface area contributed by atoms with E-state index in [1.165, 1.54) is 104 Å². The molecule has 134 heavy (non-hydrogen) atoms. The van der Waals surface area contributed by atoms with Crippen molar-refractivity contribution < 1.29 is 110 Å². The van der Waals surface area contributed by atoms with Crippen molar-refractivity contribution in [1.29, 1.82) is 0 Å². The van der Waals surface area contributed by atoms with E-state index >= 15 is 0 Å². The first-order valence-corrected chi connectivity index (χ1v) is 48.1. The first kappa shape index (κ1) is 105. The molecule has 712 valence electrons. The van der Waals surface area contributed by atoms with Crippen molar-refractivity contribution in [3.63, 3.8) is 0 Å². The van der Waals surface area contributed by atoms with E-state index < -0.39 is 99.2 Å². The lowest BCUT2D eigenvalue weighted by molar-refractivity contribution is -0.118. The van der Waals surface area contributed by atoms with Gasteiger partial charge in [-0.15, -0.1) is 58.8 Å². The molecular weight excluding hydrogens is 1900 g/mol. The number of thioether (sulfide) groups is 5. The molecule has 0 aromatic heterocycles. The van der Waals surface area contributed by atoms with Gasteiger partial charge in [0.05, 0.1) is 40.4 Å². The molecule has 10 aromatic rings. The van der Waals surface area contributed by atoms with Gasteiger partial charge in [-0.05, 0) is 230 Å². The summed E-state index contributed by atoms with van der Waals surface area (Å²) in [5.41, 5.74) is 2.48. The van der Waals surface area contributed by atoms with Gasteiger partial charge in [-0.25, -0.2) is 61.5 Å². The molecule has 0 heterocycles. The van der Waals surface area contributed by atoms with Gasteiger partial charge in [-0.3, -0.25) is 28.8 Å². The summed E-state index contributed by atoms with van der Waals surface area (Å²) >= 11 is 19.6. The predicted octanol–water partition coefficient (Wildman–Crippen LogP) is 26.9. The minimum atomic E-state index is -1.63. The Morgan fingerprint density at radius 3 is 1.04 bits per heavy atom. The molecule has 8 N–H and O–H groups in total. The third-order valence-electron chi connectivity index (χ3n) is 22.2. The maximum Gasteiger partial charge on any atom is 0.255 e. The number of halogens is 16. The summed E-state index contributed by atoms with van der Waals surface area (Å²) in [6.07, 6.45) is 18.3. The minimum absolute atomic E-state index is 0.0466. The second kappa shape index (κ2) is 50.4. The number of methoxy groups -OCH3 is 1. The molecule has 1 unspecified atom stereocenters. The van der Waals surface area contributed by atoms with Crippen LogP contribution in [-0.2, 0) is 4.79 Å². The van der Waals surface area contributed by atoms with Crippen LogP contribution in [0.3, 0.4) is 0 Å². The fraction of sp³-hybridized carbons (Fsp3) is 0.327. The molecule has 5 amide bonds. The quantitative estimate of drug-likeness (QED) is 0.0190. The van der Waals surface area contributed by atoms with Crippen molar-refractivity contribution in [2.45, 2.75) is 217 Å². The number of aliphatic hydroxyl groups excluding tert-OH is 3. The number of carbonyl (C=O) groups is 6. The first-order chi connectivity index (χ1) is 64.0. The van der Waals surface area contributed by atoms with Crippen LogP contribution in [-0.4, -0.2) is 102 Å². The lowest BCUT2D eigenvalue weighted by Gasteiger charge is -2.25. The number of carbonyl (C=O) groups excluding carboxylic acids is 6. The topological polar surface area (TPSA) is 232 Å². The van der Waals surface area contributed by atoms with Gasteiger partial charge in [-0.1, -0.05) is 55.0 Å². The van der Waals surface area contributed by atoms with Crippen LogP contribution in [0.15, 0.2) is 188 Å². The summed E-state index contributed by atoms with van der Waals surface area (Å²) in [4.78, 5) is 77.1.